The standard InChI is InChI=1S/C19H19NO3/c1-12-17-15(21)7-4-8-16(17)23-18(12)19(22)20-10-9-13-5-2-3-6-14(13)11-20/h2-3,5-6H,4,7-11H2,1H3. The first-order chi connectivity index (χ1) is 11.1. The fourth-order valence-corrected chi connectivity index (χ4v) is 3.67. The number of furan rings is 1. The number of carbonyl (C=O) groups is 2. The summed E-state index contributed by atoms with van der Waals surface area (Å²) in [5.74, 6) is 1.05. The molecule has 0 unspecified atom stereocenters. The molecule has 1 aromatic carbocycles. The van der Waals surface area contributed by atoms with E-state index in [9.17, 15) is 9.59 Å². The van der Waals surface area contributed by atoms with Crippen LogP contribution in [0, 0.1) is 6.92 Å². The fraction of sp³-hybridized carbons (Fsp3) is 0.368. The van der Waals surface area contributed by atoms with Crippen LogP contribution in [0.25, 0.3) is 0 Å². The molecule has 1 aliphatic heterocycles. The van der Waals surface area contributed by atoms with Crippen molar-refractivity contribution in [2.45, 2.75) is 39.2 Å². The Balaban J connectivity index is 1.65. The second kappa shape index (κ2) is 5.37. The fourth-order valence-electron chi connectivity index (χ4n) is 3.67. The number of ketones is 1. The van der Waals surface area contributed by atoms with Gasteiger partial charge in [-0.15, -0.1) is 0 Å². The van der Waals surface area contributed by atoms with Crippen molar-refractivity contribution in [2.75, 3.05) is 6.54 Å². The summed E-state index contributed by atoms with van der Waals surface area (Å²) in [6.07, 6.45) is 2.97. The molecular formula is C19H19NO3. The lowest BCUT2D eigenvalue weighted by Crippen LogP contribution is -2.36. The molecule has 4 nitrogen and oxygen atoms in total. The summed E-state index contributed by atoms with van der Waals surface area (Å²) in [6, 6.07) is 8.22. The van der Waals surface area contributed by atoms with E-state index < -0.39 is 0 Å². The predicted octanol–water partition coefficient (Wildman–Crippen LogP) is 3.31. The van der Waals surface area contributed by atoms with Crippen molar-refractivity contribution in [3.05, 3.63) is 58.0 Å². The average Bonchev–Trinajstić information content (AvgIpc) is 2.92. The third-order valence-corrected chi connectivity index (χ3v) is 4.92. The molecule has 118 valence electrons. The summed E-state index contributed by atoms with van der Waals surface area (Å²) >= 11 is 0. The van der Waals surface area contributed by atoms with E-state index in [2.05, 4.69) is 12.1 Å². The van der Waals surface area contributed by atoms with Crippen LogP contribution in [0.5, 0.6) is 0 Å². The zero-order chi connectivity index (χ0) is 16.0. The largest absolute Gasteiger partial charge is 0.455 e. The summed E-state index contributed by atoms with van der Waals surface area (Å²) in [5, 5.41) is 0. The summed E-state index contributed by atoms with van der Waals surface area (Å²) in [5.41, 5.74) is 3.87. The Morgan fingerprint density at radius 2 is 1.91 bits per heavy atom. The normalized spacial score (nSPS) is 16.9. The Labute approximate surface area is 135 Å². The van der Waals surface area contributed by atoms with Crippen LogP contribution in [0.4, 0.5) is 0 Å². The van der Waals surface area contributed by atoms with Gasteiger partial charge < -0.3 is 9.32 Å². The van der Waals surface area contributed by atoms with E-state index in [0.29, 0.717) is 42.2 Å². The highest BCUT2D eigenvalue weighted by Gasteiger charge is 2.31. The molecule has 1 aliphatic carbocycles. The second-order valence-electron chi connectivity index (χ2n) is 6.38. The van der Waals surface area contributed by atoms with Crippen LogP contribution in [-0.2, 0) is 19.4 Å². The maximum absolute atomic E-state index is 12.9. The smallest absolute Gasteiger partial charge is 0.290 e. The molecule has 23 heavy (non-hydrogen) atoms. The van der Waals surface area contributed by atoms with Crippen molar-refractivity contribution >= 4 is 11.7 Å². The summed E-state index contributed by atoms with van der Waals surface area (Å²) < 4.78 is 5.80. The summed E-state index contributed by atoms with van der Waals surface area (Å²) in [7, 11) is 0. The van der Waals surface area contributed by atoms with Crippen LogP contribution in [0.3, 0.4) is 0 Å². The number of fused-ring (bicyclic) bond motifs is 2. The van der Waals surface area contributed by atoms with Gasteiger partial charge in [0.1, 0.15) is 5.76 Å². The lowest BCUT2D eigenvalue weighted by Gasteiger charge is -2.28. The first-order valence-corrected chi connectivity index (χ1v) is 8.16. The van der Waals surface area contributed by atoms with Gasteiger partial charge >= 0.3 is 0 Å². The molecule has 0 fully saturated rings. The molecule has 0 saturated carbocycles. The Morgan fingerprint density at radius 3 is 2.70 bits per heavy atom. The SMILES string of the molecule is Cc1c(C(=O)N2CCc3ccccc3C2)oc2c1C(=O)CCC2. The van der Waals surface area contributed by atoms with E-state index in [1.807, 2.05) is 24.0 Å². The number of Topliss-reactive ketones (excluding diaryl/α,β-unsaturated/α-hetero) is 1. The number of amides is 1. The zero-order valence-electron chi connectivity index (χ0n) is 13.2. The maximum atomic E-state index is 12.9. The number of nitrogens with zero attached hydrogens (tertiary/aromatic N) is 1. The number of benzene rings is 1. The van der Waals surface area contributed by atoms with Gasteiger partial charge in [-0.1, -0.05) is 24.3 Å². The van der Waals surface area contributed by atoms with Gasteiger partial charge in [-0.05, 0) is 30.9 Å². The summed E-state index contributed by atoms with van der Waals surface area (Å²) in [6.45, 7) is 3.12. The quantitative estimate of drug-likeness (QED) is 0.812. The Kier molecular flexibility index (Phi) is 3.33. The first-order valence-electron chi connectivity index (χ1n) is 8.16. The van der Waals surface area contributed by atoms with E-state index in [0.717, 1.165) is 19.3 Å². The molecule has 4 rings (SSSR count). The van der Waals surface area contributed by atoms with Crippen molar-refractivity contribution in [1.82, 2.24) is 4.90 Å². The van der Waals surface area contributed by atoms with Crippen molar-refractivity contribution < 1.29 is 14.0 Å². The van der Waals surface area contributed by atoms with E-state index >= 15 is 0 Å². The number of aryl methyl sites for hydroxylation is 1. The number of hydrogen-bond acceptors (Lipinski definition) is 3. The molecule has 0 saturated heterocycles. The number of carbonyl (C=O) groups excluding carboxylic acids is 2. The minimum atomic E-state index is -0.0980. The average molecular weight is 309 g/mol. The molecule has 4 heteroatoms. The van der Waals surface area contributed by atoms with Crippen LogP contribution >= 0.6 is 0 Å². The minimum Gasteiger partial charge on any atom is -0.455 e. The monoisotopic (exact) mass is 309 g/mol. The van der Waals surface area contributed by atoms with Gasteiger partial charge in [-0.3, -0.25) is 9.59 Å². The number of rotatable bonds is 1. The van der Waals surface area contributed by atoms with Gasteiger partial charge in [0.15, 0.2) is 11.5 Å². The molecule has 1 amide bonds. The van der Waals surface area contributed by atoms with E-state index in [1.165, 1.54) is 11.1 Å². The molecule has 0 radical (unpaired) electrons. The third-order valence-electron chi connectivity index (χ3n) is 4.92. The predicted molar refractivity (Wildman–Crippen MR) is 85.6 cm³/mol. The van der Waals surface area contributed by atoms with E-state index in [-0.39, 0.29) is 11.7 Å². The van der Waals surface area contributed by atoms with Gasteiger partial charge in [-0.2, -0.15) is 0 Å². The molecule has 1 aromatic heterocycles. The molecule has 2 aliphatic rings. The summed E-state index contributed by atoms with van der Waals surface area (Å²) in [4.78, 5) is 26.8. The van der Waals surface area contributed by atoms with Crippen LogP contribution in [0.2, 0.25) is 0 Å². The zero-order valence-corrected chi connectivity index (χ0v) is 13.2. The molecule has 2 aromatic rings. The van der Waals surface area contributed by atoms with Gasteiger partial charge in [0, 0.05) is 31.5 Å². The molecule has 0 N–H and O–H groups in total. The van der Waals surface area contributed by atoms with Crippen molar-refractivity contribution in [3.63, 3.8) is 0 Å². The van der Waals surface area contributed by atoms with Crippen molar-refractivity contribution in [3.8, 4) is 0 Å². The van der Waals surface area contributed by atoms with Crippen LogP contribution in [-0.4, -0.2) is 23.1 Å². The molecular weight excluding hydrogens is 290 g/mol. The van der Waals surface area contributed by atoms with Gasteiger partial charge in [0.2, 0.25) is 0 Å². The highest BCUT2D eigenvalue weighted by atomic mass is 16.4. The van der Waals surface area contributed by atoms with Crippen LogP contribution < -0.4 is 0 Å². The van der Waals surface area contributed by atoms with Crippen molar-refractivity contribution in [1.29, 1.82) is 0 Å². The van der Waals surface area contributed by atoms with Crippen LogP contribution in [0.1, 0.15) is 56.2 Å². The lowest BCUT2D eigenvalue weighted by molar-refractivity contribution is 0.0699. The molecule has 0 atom stereocenters. The maximum Gasteiger partial charge on any atom is 0.290 e. The Bertz CT molecular complexity index is 803. The molecule has 0 spiro atoms. The van der Waals surface area contributed by atoms with Crippen molar-refractivity contribution in [2.24, 2.45) is 0 Å². The van der Waals surface area contributed by atoms with Gasteiger partial charge in [-0.25, -0.2) is 0 Å². The Morgan fingerprint density at radius 1 is 1.13 bits per heavy atom. The topological polar surface area (TPSA) is 50.5 Å². The highest BCUT2D eigenvalue weighted by molar-refractivity contribution is 6.03. The Hall–Kier alpha value is -2.36. The highest BCUT2D eigenvalue weighted by Crippen LogP contribution is 2.31. The molecule has 0 bridgehead atoms. The molecule has 2 heterocycles. The number of hydrogen-bond donors (Lipinski definition) is 0. The van der Waals surface area contributed by atoms with Crippen LogP contribution in [0.15, 0.2) is 28.7 Å². The van der Waals surface area contributed by atoms with E-state index in [4.69, 9.17) is 4.42 Å². The first kappa shape index (κ1) is 14.2. The van der Waals surface area contributed by atoms with Gasteiger partial charge in [0.25, 0.3) is 5.91 Å². The minimum absolute atomic E-state index is 0.0980. The second-order valence-corrected chi connectivity index (χ2v) is 6.38. The lowest BCUT2D eigenvalue weighted by atomic mass is 9.93. The third kappa shape index (κ3) is 2.29. The van der Waals surface area contributed by atoms with Gasteiger partial charge in [0.05, 0.1) is 5.56 Å². The van der Waals surface area contributed by atoms with E-state index in [1.54, 1.807) is 0 Å².